The number of esters is 1. The first-order valence-corrected chi connectivity index (χ1v) is 5.71. The van der Waals surface area contributed by atoms with Crippen LogP contribution >= 0.6 is 0 Å². The van der Waals surface area contributed by atoms with Gasteiger partial charge in [0.25, 0.3) is 0 Å². The van der Waals surface area contributed by atoms with Crippen LogP contribution in [0.4, 0.5) is 0 Å². The lowest BCUT2D eigenvalue weighted by molar-refractivity contribution is -0.143. The van der Waals surface area contributed by atoms with Gasteiger partial charge in [0, 0.05) is 12.3 Å². The number of rotatable bonds is 4. The summed E-state index contributed by atoms with van der Waals surface area (Å²) in [6.45, 7) is 5.75. The maximum Gasteiger partial charge on any atom is 0.329 e. The minimum absolute atomic E-state index is 0.0339. The van der Waals surface area contributed by atoms with E-state index in [1.165, 1.54) is 0 Å². The Hall–Kier alpha value is -1.32. The monoisotopic (exact) mass is 225 g/mol. The summed E-state index contributed by atoms with van der Waals surface area (Å²) in [5.41, 5.74) is 0. The Morgan fingerprint density at radius 3 is 2.62 bits per heavy atom. The summed E-state index contributed by atoms with van der Waals surface area (Å²) in [6.07, 6.45) is 4.84. The summed E-state index contributed by atoms with van der Waals surface area (Å²) < 4.78 is 5.04. The van der Waals surface area contributed by atoms with E-state index >= 15 is 0 Å². The zero-order valence-electron chi connectivity index (χ0n) is 10.0. The average molecular weight is 225 g/mol. The number of hydrogen-bond acceptors (Lipinski definition) is 3. The second kappa shape index (κ2) is 5.68. The normalized spacial score (nSPS) is 29.4. The van der Waals surface area contributed by atoms with Crippen LogP contribution in [0.1, 0.15) is 33.6 Å². The average Bonchev–Trinajstić information content (AvgIpc) is 2.46. The fourth-order valence-electron chi connectivity index (χ4n) is 1.63. The van der Waals surface area contributed by atoms with Gasteiger partial charge in [-0.05, 0) is 13.3 Å². The number of nitrogens with one attached hydrogen (secondary N) is 1. The minimum Gasteiger partial charge on any atom is -0.461 e. The fraction of sp³-hybridized carbons (Fsp3) is 0.667. The van der Waals surface area contributed by atoms with Crippen molar-refractivity contribution in [2.75, 3.05) is 0 Å². The van der Waals surface area contributed by atoms with Gasteiger partial charge in [-0.3, -0.25) is 4.79 Å². The molecule has 1 saturated heterocycles. The van der Waals surface area contributed by atoms with E-state index in [0.29, 0.717) is 6.42 Å². The lowest BCUT2D eigenvalue weighted by atomic mass is 10.00. The van der Waals surface area contributed by atoms with Crippen LogP contribution < -0.4 is 5.32 Å². The molecule has 3 atom stereocenters. The Bertz CT molecular complexity index is 299. The van der Waals surface area contributed by atoms with E-state index in [9.17, 15) is 9.59 Å². The van der Waals surface area contributed by atoms with Crippen molar-refractivity contribution in [2.45, 2.75) is 45.8 Å². The maximum absolute atomic E-state index is 11.5. The van der Waals surface area contributed by atoms with E-state index < -0.39 is 6.04 Å². The molecule has 1 aliphatic rings. The number of amides is 1. The van der Waals surface area contributed by atoms with Gasteiger partial charge in [0.2, 0.25) is 5.91 Å². The van der Waals surface area contributed by atoms with Crippen molar-refractivity contribution < 1.29 is 14.3 Å². The Balaban J connectivity index is 2.44. The molecule has 1 heterocycles. The first kappa shape index (κ1) is 12.7. The molecule has 4 heteroatoms. The van der Waals surface area contributed by atoms with Crippen molar-refractivity contribution in [1.82, 2.24) is 5.32 Å². The number of carbonyl (C=O) groups is 2. The lowest BCUT2D eigenvalue weighted by Crippen LogP contribution is -2.41. The summed E-state index contributed by atoms with van der Waals surface area (Å²) >= 11 is 0. The van der Waals surface area contributed by atoms with Gasteiger partial charge in [-0.15, -0.1) is 0 Å². The predicted octanol–water partition coefficient (Wildman–Crippen LogP) is 1.41. The SMILES string of the molecule is CC/C=C/CC(=O)N[C@@H]1C(=O)O[C@H](C)[C@H]1C. The van der Waals surface area contributed by atoms with Crippen molar-refractivity contribution in [3.8, 4) is 0 Å². The maximum atomic E-state index is 11.5. The molecule has 4 nitrogen and oxygen atoms in total. The quantitative estimate of drug-likeness (QED) is 0.581. The summed E-state index contributed by atoms with van der Waals surface area (Å²) in [4.78, 5) is 22.9. The van der Waals surface area contributed by atoms with Gasteiger partial charge in [0.05, 0.1) is 0 Å². The van der Waals surface area contributed by atoms with Gasteiger partial charge in [-0.2, -0.15) is 0 Å². The van der Waals surface area contributed by atoms with Crippen LogP contribution in [-0.4, -0.2) is 24.0 Å². The molecule has 0 saturated carbocycles. The van der Waals surface area contributed by atoms with Gasteiger partial charge in [-0.25, -0.2) is 4.79 Å². The first-order valence-electron chi connectivity index (χ1n) is 5.71. The highest BCUT2D eigenvalue weighted by Gasteiger charge is 2.39. The zero-order valence-corrected chi connectivity index (χ0v) is 10.0. The second-order valence-electron chi connectivity index (χ2n) is 4.13. The largest absolute Gasteiger partial charge is 0.461 e. The van der Waals surface area contributed by atoms with Crippen LogP contribution in [0.25, 0.3) is 0 Å². The van der Waals surface area contributed by atoms with Crippen LogP contribution in [0.15, 0.2) is 12.2 Å². The Labute approximate surface area is 96.0 Å². The molecule has 1 aliphatic heterocycles. The Morgan fingerprint density at radius 1 is 1.44 bits per heavy atom. The van der Waals surface area contributed by atoms with Gasteiger partial charge >= 0.3 is 5.97 Å². The third-order valence-electron chi connectivity index (χ3n) is 2.84. The minimum atomic E-state index is -0.488. The Morgan fingerprint density at radius 2 is 2.12 bits per heavy atom. The molecule has 1 N–H and O–H groups in total. The lowest BCUT2D eigenvalue weighted by Gasteiger charge is -2.13. The molecule has 0 bridgehead atoms. The molecule has 0 aromatic rings. The van der Waals surface area contributed by atoms with Crippen LogP contribution in [-0.2, 0) is 14.3 Å². The molecule has 1 amide bonds. The van der Waals surface area contributed by atoms with Gasteiger partial charge in [-0.1, -0.05) is 26.0 Å². The highest BCUT2D eigenvalue weighted by Crippen LogP contribution is 2.21. The molecule has 0 unspecified atom stereocenters. The fourth-order valence-corrected chi connectivity index (χ4v) is 1.63. The summed E-state index contributed by atoms with van der Waals surface area (Å²) in [7, 11) is 0. The molecule has 0 radical (unpaired) electrons. The molecule has 90 valence electrons. The third-order valence-corrected chi connectivity index (χ3v) is 2.84. The van der Waals surface area contributed by atoms with Crippen LogP contribution in [0.3, 0.4) is 0 Å². The molecule has 0 aromatic heterocycles. The smallest absolute Gasteiger partial charge is 0.329 e. The number of ether oxygens (including phenoxy) is 1. The zero-order chi connectivity index (χ0) is 12.1. The van der Waals surface area contributed by atoms with Crippen molar-refractivity contribution >= 4 is 11.9 Å². The number of hydrogen-bond donors (Lipinski definition) is 1. The Kier molecular flexibility index (Phi) is 4.52. The van der Waals surface area contributed by atoms with E-state index in [1.807, 2.05) is 32.9 Å². The van der Waals surface area contributed by atoms with Crippen LogP contribution in [0.2, 0.25) is 0 Å². The predicted molar refractivity (Wildman–Crippen MR) is 60.7 cm³/mol. The number of cyclic esters (lactones) is 1. The van der Waals surface area contributed by atoms with Crippen molar-refractivity contribution in [1.29, 1.82) is 0 Å². The molecule has 1 fully saturated rings. The van der Waals surface area contributed by atoms with E-state index in [-0.39, 0.29) is 23.9 Å². The van der Waals surface area contributed by atoms with Crippen LogP contribution in [0.5, 0.6) is 0 Å². The van der Waals surface area contributed by atoms with E-state index in [0.717, 1.165) is 6.42 Å². The van der Waals surface area contributed by atoms with Crippen molar-refractivity contribution in [2.24, 2.45) is 5.92 Å². The summed E-state index contributed by atoms with van der Waals surface area (Å²) in [5.74, 6) is -0.424. The highest BCUT2D eigenvalue weighted by atomic mass is 16.6. The van der Waals surface area contributed by atoms with Crippen molar-refractivity contribution in [3.63, 3.8) is 0 Å². The molecule has 0 aliphatic carbocycles. The summed E-state index contributed by atoms with van der Waals surface area (Å²) in [5, 5.41) is 2.70. The van der Waals surface area contributed by atoms with E-state index in [1.54, 1.807) is 0 Å². The third kappa shape index (κ3) is 3.08. The molecule has 0 spiro atoms. The standard InChI is InChI=1S/C12H19NO3/c1-4-5-6-7-10(14)13-11-8(2)9(3)16-12(11)15/h5-6,8-9,11H,4,7H2,1-3H3,(H,13,14)/b6-5+/t8-,9-,11+/m1/s1. The van der Waals surface area contributed by atoms with Gasteiger partial charge in [0.15, 0.2) is 0 Å². The van der Waals surface area contributed by atoms with E-state index in [2.05, 4.69) is 5.32 Å². The molecular formula is C12H19NO3. The van der Waals surface area contributed by atoms with E-state index in [4.69, 9.17) is 4.74 Å². The molecular weight excluding hydrogens is 206 g/mol. The molecule has 0 aromatic carbocycles. The topological polar surface area (TPSA) is 55.4 Å². The second-order valence-corrected chi connectivity index (χ2v) is 4.13. The molecule has 1 rings (SSSR count). The van der Waals surface area contributed by atoms with Gasteiger partial charge < -0.3 is 10.1 Å². The first-order chi connectivity index (χ1) is 7.56. The number of allylic oxidation sites excluding steroid dienone is 1. The molecule has 16 heavy (non-hydrogen) atoms. The van der Waals surface area contributed by atoms with Crippen LogP contribution in [0, 0.1) is 5.92 Å². The summed E-state index contributed by atoms with van der Waals surface area (Å²) in [6, 6.07) is -0.488. The highest BCUT2D eigenvalue weighted by molar-refractivity contribution is 5.86. The van der Waals surface area contributed by atoms with Crippen molar-refractivity contribution in [3.05, 3.63) is 12.2 Å². The van der Waals surface area contributed by atoms with Gasteiger partial charge in [0.1, 0.15) is 12.1 Å². The number of carbonyl (C=O) groups excluding carboxylic acids is 2.